The van der Waals surface area contributed by atoms with E-state index in [1.165, 1.54) is 0 Å². The molecule has 0 saturated carbocycles. The van der Waals surface area contributed by atoms with Gasteiger partial charge in [-0.25, -0.2) is 0 Å². The summed E-state index contributed by atoms with van der Waals surface area (Å²) in [5.41, 5.74) is 0. The van der Waals surface area contributed by atoms with E-state index < -0.39 is 0 Å². The molecule has 1 N–H and O–H groups in total. The van der Waals surface area contributed by atoms with Crippen LogP contribution in [0.1, 0.15) is 19.3 Å². The molecule has 0 aromatic rings. The highest BCUT2D eigenvalue weighted by molar-refractivity contribution is 4.69. The van der Waals surface area contributed by atoms with E-state index in [4.69, 9.17) is 10.00 Å². The summed E-state index contributed by atoms with van der Waals surface area (Å²) in [4.78, 5) is 0. The number of hydrogen-bond acceptors (Lipinski definition) is 3. The van der Waals surface area contributed by atoms with Crippen molar-refractivity contribution in [3.63, 3.8) is 0 Å². The van der Waals surface area contributed by atoms with Gasteiger partial charge in [-0.2, -0.15) is 5.26 Å². The molecule has 1 saturated heterocycles. The molecule has 1 aliphatic heterocycles. The van der Waals surface area contributed by atoms with Crippen molar-refractivity contribution in [1.29, 1.82) is 5.26 Å². The van der Waals surface area contributed by atoms with E-state index in [9.17, 15) is 0 Å². The van der Waals surface area contributed by atoms with Gasteiger partial charge in [-0.3, -0.25) is 0 Å². The first-order valence-electron chi connectivity index (χ1n) is 4.13. The van der Waals surface area contributed by atoms with E-state index in [1.54, 1.807) is 0 Å². The number of nitriles is 1. The largest absolute Gasteiger partial charge is 0.381 e. The molecule has 1 aliphatic rings. The first kappa shape index (κ1) is 8.35. The third-order valence-corrected chi connectivity index (χ3v) is 2.10. The van der Waals surface area contributed by atoms with Gasteiger partial charge in [0.15, 0.2) is 6.19 Å². The van der Waals surface area contributed by atoms with Crippen LogP contribution in [0.5, 0.6) is 0 Å². The molecular formula is C8H14N2O. The van der Waals surface area contributed by atoms with Crippen molar-refractivity contribution in [3.8, 4) is 6.19 Å². The van der Waals surface area contributed by atoms with Crippen LogP contribution >= 0.6 is 0 Å². The van der Waals surface area contributed by atoms with Crippen molar-refractivity contribution >= 4 is 0 Å². The lowest BCUT2D eigenvalue weighted by Crippen LogP contribution is -2.19. The fraction of sp³-hybridized carbons (Fsp3) is 0.875. The van der Waals surface area contributed by atoms with Crippen LogP contribution < -0.4 is 5.32 Å². The minimum Gasteiger partial charge on any atom is -0.381 e. The lowest BCUT2D eigenvalue weighted by molar-refractivity contribution is 0.0643. The Morgan fingerprint density at radius 3 is 2.82 bits per heavy atom. The molecule has 0 aromatic carbocycles. The maximum atomic E-state index is 8.21. The zero-order valence-corrected chi connectivity index (χ0v) is 6.68. The molecule has 0 amide bonds. The van der Waals surface area contributed by atoms with E-state index in [1.807, 2.05) is 6.19 Å². The van der Waals surface area contributed by atoms with Gasteiger partial charge < -0.3 is 10.1 Å². The number of rotatable bonds is 3. The monoisotopic (exact) mass is 154 g/mol. The molecule has 0 radical (unpaired) electrons. The van der Waals surface area contributed by atoms with Gasteiger partial charge in [0, 0.05) is 19.8 Å². The fourth-order valence-corrected chi connectivity index (χ4v) is 1.37. The summed E-state index contributed by atoms with van der Waals surface area (Å²) in [6, 6.07) is 0. The molecule has 1 rings (SSSR count). The van der Waals surface area contributed by atoms with E-state index in [-0.39, 0.29) is 0 Å². The quantitative estimate of drug-likeness (QED) is 0.373. The van der Waals surface area contributed by atoms with Crippen molar-refractivity contribution in [1.82, 2.24) is 5.32 Å². The van der Waals surface area contributed by atoms with E-state index in [0.717, 1.165) is 44.9 Å². The Hall–Kier alpha value is -0.750. The summed E-state index contributed by atoms with van der Waals surface area (Å²) in [6.07, 6.45) is 5.35. The van der Waals surface area contributed by atoms with Crippen molar-refractivity contribution < 1.29 is 4.74 Å². The smallest absolute Gasteiger partial charge is 0.176 e. The minimum atomic E-state index is 0.768. The summed E-state index contributed by atoms with van der Waals surface area (Å²) in [5.74, 6) is 0.768. The van der Waals surface area contributed by atoms with Crippen LogP contribution in [0.25, 0.3) is 0 Å². The van der Waals surface area contributed by atoms with E-state index in [0.29, 0.717) is 0 Å². The molecule has 0 aromatic heterocycles. The highest BCUT2D eigenvalue weighted by Gasteiger charge is 2.12. The SMILES string of the molecule is N#CNCCC1CCOCC1. The predicted octanol–water partition coefficient (Wildman–Crippen LogP) is 0.874. The van der Waals surface area contributed by atoms with Gasteiger partial charge in [-0.15, -0.1) is 0 Å². The highest BCUT2D eigenvalue weighted by atomic mass is 16.5. The lowest BCUT2D eigenvalue weighted by atomic mass is 9.97. The van der Waals surface area contributed by atoms with Crippen LogP contribution in [0.3, 0.4) is 0 Å². The number of nitrogens with zero attached hydrogens (tertiary/aromatic N) is 1. The summed E-state index contributed by atoms with van der Waals surface area (Å²) in [5, 5.41) is 10.9. The van der Waals surface area contributed by atoms with Crippen LogP contribution in [0.15, 0.2) is 0 Å². The summed E-state index contributed by atoms with van der Waals surface area (Å²) >= 11 is 0. The molecule has 0 aliphatic carbocycles. The van der Waals surface area contributed by atoms with Crippen LogP contribution in [0, 0.1) is 17.4 Å². The maximum Gasteiger partial charge on any atom is 0.176 e. The molecular weight excluding hydrogens is 140 g/mol. The van der Waals surface area contributed by atoms with Crippen molar-refractivity contribution in [2.24, 2.45) is 5.92 Å². The molecule has 62 valence electrons. The van der Waals surface area contributed by atoms with Crippen LogP contribution in [0.2, 0.25) is 0 Å². The van der Waals surface area contributed by atoms with Gasteiger partial charge in [-0.05, 0) is 25.2 Å². The zero-order valence-electron chi connectivity index (χ0n) is 6.68. The van der Waals surface area contributed by atoms with Gasteiger partial charge in [0.05, 0.1) is 0 Å². The van der Waals surface area contributed by atoms with Gasteiger partial charge >= 0.3 is 0 Å². The van der Waals surface area contributed by atoms with E-state index in [2.05, 4.69) is 5.32 Å². The molecule has 0 unspecified atom stereocenters. The van der Waals surface area contributed by atoms with Crippen LogP contribution in [-0.4, -0.2) is 19.8 Å². The standard InChI is InChI=1S/C8H14N2O/c9-7-10-4-1-8-2-5-11-6-3-8/h8,10H,1-6H2. The Balaban J connectivity index is 2.01. The second-order valence-electron chi connectivity index (χ2n) is 2.88. The average Bonchev–Trinajstić information content (AvgIpc) is 2.07. The second-order valence-corrected chi connectivity index (χ2v) is 2.88. The van der Waals surface area contributed by atoms with Crippen molar-refractivity contribution in [3.05, 3.63) is 0 Å². The number of nitrogens with one attached hydrogen (secondary N) is 1. The molecule has 0 atom stereocenters. The van der Waals surface area contributed by atoms with Gasteiger partial charge in [-0.1, -0.05) is 0 Å². The number of hydrogen-bond donors (Lipinski definition) is 1. The molecule has 3 nitrogen and oxygen atoms in total. The molecule has 1 heterocycles. The minimum absolute atomic E-state index is 0.768. The molecule has 0 spiro atoms. The summed E-state index contributed by atoms with van der Waals surface area (Å²) in [6.45, 7) is 2.62. The normalized spacial score (nSPS) is 19.2. The third kappa shape index (κ3) is 3.24. The Labute approximate surface area is 67.3 Å². The van der Waals surface area contributed by atoms with Crippen molar-refractivity contribution in [2.75, 3.05) is 19.8 Å². The number of ether oxygens (including phenoxy) is 1. The maximum absolute atomic E-state index is 8.21. The van der Waals surface area contributed by atoms with Gasteiger partial charge in [0.2, 0.25) is 0 Å². The first-order valence-corrected chi connectivity index (χ1v) is 4.13. The molecule has 11 heavy (non-hydrogen) atoms. The molecule has 1 fully saturated rings. The molecule has 0 bridgehead atoms. The topological polar surface area (TPSA) is 45.0 Å². The second kappa shape index (κ2) is 4.97. The first-order chi connectivity index (χ1) is 5.43. The Morgan fingerprint density at radius 2 is 2.18 bits per heavy atom. The van der Waals surface area contributed by atoms with Crippen LogP contribution in [-0.2, 0) is 4.74 Å². The fourth-order valence-electron chi connectivity index (χ4n) is 1.37. The van der Waals surface area contributed by atoms with Gasteiger partial charge in [0.1, 0.15) is 0 Å². The Morgan fingerprint density at radius 1 is 1.45 bits per heavy atom. The third-order valence-electron chi connectivity index (χ3n) is 2.10. The van der Waals surface area contributed by atoms with Gasteiger partial charge in [0.25, 0.3) is 0 Å². The molecule has 3 heteroatoms. The Bertz CT molecular complexity index is 136. The average molecular weight is 154 g/mol. The summed E-state index contributed by atoms with van der Waals surface area (Å²) in [7, 11) is 0. The predicted molar refractivity (Wildman–Crippen MR) is 41.8 cm³/mol. The van der Waals surface area contributed by atoms with Crippen molar-refractivity contribution in [2.45, 2.75) is 19.3 Å². The lowest BCUT2D eigenvalue weighted by Gasteiger charge is -2.21. The zero-order chi connectivity index (χ0) is 7.94. The highest BCUT2D eigenvalue weighted by Crippen LogP contribution is 2.17. The Kier molecular flexibility index (Phi) is 3.77. The van der Waals surface area contributed by atoms with Crippen LogP contribution in [0.4, 0.5) is 0 Å². The summed E-state index contributed by atoms with van der Waals surface area (Å²) < 4.78 is 5.22. The van der Waals surface area contributed by atoms with E-state index >= 15 is 0 Å².